The second-order valence-electron chi connectivity index (χ2n) is 20.1. The van der Waals surface area contributed by atoms with Gasteiger partial charge in [-0.25, -0.2) is 29.3 Å². The molecule has 18 nitrogen and oxygen atoms in total. The van der Waals surface area contributed by atoms with E-state index in [0.29, 0.717) is 66.1 Å². The third kappa shape index (κ3) is 10.2. The number of hydrogen-bond donors (Lipinski definition) is 2. The van der Waals surface area contributed by atoms with Gasteiger partial charge in [-0.2, -0.15) is 30.9 Å². The van der Waals surface area contributed by atoms with Crippen LogP contribution in [-0.4, -0.2) is 122 Å². The van der Waals surface area contributed by atoms with Crippen molar-refractivity contribution < 1.29 is 0 Å². The molecule has 0 amide bonds. The molecular formula is C52H54Cl4N18. The number of aromatic nitrogens is 12. The van der Waals surface area contributed by atoms with E-state index < -0.39 is 0 Å². The number of anilines is 2. The van der Waals surface area contributed by atoms with Crippen molar-refractivity contribution in [2.75, 3.05) is 62.2 Å². The zero-order valence-electron chi connectivity index (χ0n) is 41.0. The largest absolute Gasteiger partial charge is 0.355 e. The van der Waals surface area contributed by atoms with Crippen molar-refractivity contribution in [1.82, 2.24) is 69.7 Å². The van der Waals surface area contributed by atoms with Crippen LogP contribution in [0.15, 0.2) is 73.3 Å². The number of nitriles is 2. The first-order valence-electron chi connectivity index (χ1n) is 25.1. The number of H-pyrrole nitrogens is 2. The molecule has 4 aliphatic heterocycles. The van der Waals surface area contributed by atoms with Crippen molar-refractivity contribution in [2.24, 2.45) is 23.7 Å². The summed E-state index contributed by atoms with van der Waals surface area (Å²) in [4.78, 5) is 28.7. The van der Waals surface area contributed by atoms with Crippen LogP contribution >= 0.6 is 46.4 Å². The normalized spacial score (nSPS) is 19.6. The highest BCUT2D eigenvalue weighted by molar-refractivity contribution is 6.35. The second-order valence-corrected chi connectivity index (χ2v) is 21.8. The van der Waals surface area contributed by atoms with Crippen LogP contribution in [0, 0.1) is 46.3 Å². The van der Waals surface area contributed by atoms with E-state index in [-0.39, 0.29) is 23.5 Å². The number of aromatic amines is 2. The molecule has 0 bridgehead atoms. The molecule has 74 heavy (non-hydrogen) atoms. The number of piperidine rings is 2. The molecule has 4 fully saturated rings. The standard InChI is InChI=1S/2C26H27Cl2N9/c2*1-16(21-5-4-19(27)9-22(21)28)37-26-25(23(10-29)34-37)30-11-24(32-26)36-13-18(14-36)17-3-2-8-35(12-17)15-20-6-7-31-33-20/h2*4-7,9,11,16-18H,2-3,8,12-15H2,1H3,(H,31,33)/t16-,17+;16-,17-/m11/s1. The summed E-state index contributed by atoms with van der Waals surface area (Å²) in [5.41, 5.74) is 6.73. The topological polar surface area (TPSA) is 205 Å². The van der Waals surface area contributed by atoms with Crippen molar-refractivity contribution in [3.8, 4) is 12.1 Å². The Bertz CT molecular complexity index is 3130. The van der Waals surface area contributed by atoms with Gasteiger partial charge in [0.15, 0.2) is 22.7 Å². The summed E-state index contributed by atoms with van der Waals surface area (Å²) >= 11 is 25.1. The van der Waals surface area contributed by atoms with Gasteiger partial charge in [-0.1, -0.05) is 58.5 Å². The minimum absolute atomic E-state index is 0.244. The van der Waals surface area contributed by atoms with E-state index in [1.165, 1.54) is 37.1 Å². The van der Waals surface area contributed by atoms with Crippen molar-refractivity contribution >= 4 is 80.4 Å². The number of likely N-dealkylation sites (tertiary alicyclic amines) is 2. The maximum absolute atomic E-state index is 9.65. The number of hydrogen-bond acceptors (Lipinski definition) is 14. The Labute approximate surface area is 448 Å². The molecule has 4 aliphatic rings. The average molecular weight is 1070 g/mol. The number of nitrogens with one attached hydrogen (secondary N) is 2. The highest BCUT2D eigenvalue weighted by Gasteiger charge is 2.39. The zero-order valence-corrected chi connectivity index (χ0v) is 44.0. The molecule has 8 aromatic rings. The van der Waals surface area contributed by atoms with Gasteiger partial charge in [-0.15, -0.1) is 0 Å². The van der Waals surface area contributed by atoms with Gasteiger partial charge in [0.2, 0.25) is 0 Å². The zero-order chi connectivity index (χ0) is 51.0. The quantitative estimate of drug-likeness (QED) is 0.117. The summed E-state index contributed by atoms with van der Waals surface area (Å²) < 4.78 is 3.48. The summed E-state index contributed by atoms with van der Waals surface area (Å²) in [6.45, 7) is 14.1. The van der Waals surface area contributed by atoms with E-state index in [1.54, 1.807) is 46.0 Å². The summed E-state index contributed by atoms with van der Waals surface area (Å²) in [5, 5.41) is 44.9. The van der Waals surface area contributed by atoms with Gasteiger partial charge in [0, 0.05) is 96.2 Å². The smallest absolute Gasteiger partial charge is 0.190 e. The Morgan fingerprint density at radius 2 is 1.03 bits per heavy atom. The summed E-state index contributed by atoms with van der Waals surface area (Å²) in [5.74, 6) is 4.24. The molecule has 0 radical (unpaired) electrons. The lowest BCUT2D eigenvalue weighted by molar-refractivity contribution is 0.113. The molecule has 0 aliphatic carbocycles. The summed E-state index contributed by atoms with van der Waals surface area (Å²) in [6.07, 6.45) is 12.1. The van der Waals surface area contributed by atoms with Crippen LogP contribution in [-0.2, 0) is 13.1 Å². The molecule has 4 saturated heterocycles. The Kier molecular flexibility index (Phi) is 14.4. The molecule has 380 valence electrons. The van der Waals surface area contributed by atoms with Gasteiger partial charge in [0.25, 0.3) is 0 Å². The Balaban J connectivity index is 0.000000159. The van der Waals surface area contributed by atoms with Crippen LogP contribution in [0.5, 0.6) is 0 Å². The second kappa shape index (κ2) is 21.5. The first-order chi connectivity index (χ1) is 36.0. The average Bonchev–Trinajstić information content (AvgIpc) is 4.21. The van der Waals surface area contributed by atoms with Crippen LogP contribution in [0.25, 0.3) is 22.3 Å². The van der Waals surface area contributed by atoms with Gasteiger partial charge in [0.05, 0.1) is 24.5 Å². The Hall–Kier alpha value is -6.38. The van der Waals surface area contributed by atoms with Crippen molar-refractivity contribution in [2.45, 2.75) is 64.7 Å². The van der Waals surface area contributed by atoms with Crippen LogP contribution < -0.4 is 9.80 Å². The van der Waals surface area contributed by atoms with Crippen LogP contribution in [0.2, 0.25) is 20.1 Å². The number of nitrogens with zero attached hydrogens (tertiary/aromatic N) is 16. The molecule has 6 aromatic heterocycles. The van der Waals surface area contributed by atoms with E-state index in [0.717, 1.165) is 88.2 Å². The number of halogens is 4. The van der Waals surface area contributed by atoms with E-state index in [1.807, 2.05) is 50.5 Å². The third-order valence-electron chi connectivity index (χ3n) is 15.3. The highest BCUT2D eigenvalue weighted by atomic mass is 35.5. The molecule has 12 rings (SSSR count). The van der Waals surface area contributed by atoms with Gasteiger partial charge < -0.3 is 9.80 Å². The lowest BCUT2D eigenvalue weighted by Crippen LogP contribution is -2.53. The lowest BCUT2D eigenvalue weighted by atomic mass is 9.80. The maximum atomic E-state index is 9.65. The first-order valence-corrected chi connectivity index (χ1v) is 26.6. The van der Waals surface area contributed by atoms with Crippen LogP contribution in [0.4, 0.5) is 11.6 Å². The number of fused-ring (bicyclic) bond motifs is 2. The van der Waals surface area contributed by atoms with Crippen molar-refractivity contribution in [3.63, 3.8) is 0 Å². The minimum atomic E-state index is -0.244. The monoisotopic (exact) mass is 1070 g/mol. The van der Waals surface area contributed by atoms with E-state index in [9.17, 15) is 10.5 Å². The Morgan fingerprint density at radius 3 is 1.41 bits per heavy atom. The fraction of sp³-hybridized carbons (Fsp3) is 0.423. The van der Waals surface area contributed by atoms with E-state index in [2.05, 4.69) is 72.3 Å². The van der Waals surface area contributed by atoms with Crippen LogP contribution in [0.1, 0.15) is 85.5 Å². The molecule has 2 N–H and O–H groups in total. The molecule has 4 atom stereocenters. The summed E-state index contributed by atoms with van der Waals surface area (Å²) in [7, 11) is 0. The lowest BCUT2D eigenvalue weighted by Gasteiger charge is -2.47. The van der Waals surface area contributed by atoms with Crippen molar-refractivity contribution in [3.05, 3.63) is 127 Å². The minimum Gasteiger partial charge on any atom is -0.355 e. The van der Waals surface area contributed by atoms with Gasteiger partial charge in [0.1, 0.15) is 34.8 Å². The SMILES string of the molecule is C[C@H](c1ccc(Cl)cc1Cl)n1nc(C#N)c2ncc(N3CC([C@@H]4CCCN(Cc5ccn[nH]5)C4)C3)nc21.C[C@H](c1ccc(Cl)cc1Cl)n1nc(C#N)c2ncc(N3CC([C@H]4CCCN(Cc5ccn[nH]5)C4)C3)nc21. The van der Waals surface area contributed by atoms with Gasteiger partial charge in [-0.3, -0.25) is 20.0 Å². The Morgan fingerprint density at radius 1 is 0.595 bits per heavy atom. The highest BCUT2D eigenvalue weighted by Crippen LogP contribution is 2.38. The first kappa shape index (κ1) is 49.8. The fourth-order valence-corrected chi connectivity index (χ4v) is 12.3. The van der Waals surface area contributed by atoms with E-state index >= 15 is 0 Å². The maximum Gasteiger partial charge on any atom is 0.190 e. The molecule has 2 aromatic carbocycles. The molecular weight excluding hydrogens is 1020 g/mol. The number of rotatable bonds is 12. The fourth-order valence-electron chi connectivity index (χ4n) is 11.2. The molecule has 22 heteroatoms. The molecule has 0 spiro atoms. The third-order valence-corrected chi connectivity index (χ3v) is 16.5. The van der Waals surface area contributed by atoms with Gasteiger partial charge >= 0.3 is 0 Å². The number of benzene rings is 2. The molecule has 0 unspecified atom stereocenters. The molecule has 0 saturated carbocycles. The van der Waals surface area contributed by atoms with Gasteiger partial charge in [-0.05, 0) is 124 Å². The van der Waals surface area contributed by atoms with E-state index in [4.69, 9.17) is 56.4 Å². The summed E-state index contributed by atoms with van der Waals surface area (Å²) in [6, 6.07) is 18.7. The predicted molar refractivity (Wildman–Crippen MR) is 285 cm³/mol. The van der Waals surface area contributed by atoms with Crippen LogP contribution in [0.3, 0.4) is 0 Å². The molecule has 10 heterocycles. The predicted octanol–water partition coefficient (Wildman–Crippen LogP) is 9.37. The van der Waals surface area contributed by atoms with Crippen molar-refractivity contribution in [1.29, 1.82) is 10.5 Å².